The minimum Gasteiger partial charge on any atom is -0.467 e. The van der Waals surface area contributed by atoms with E-state index in [1.165, 1.54) is 6.26 Å². The van der Waals surface area contributed by atoms with E-state index in [9.17, 15) is 9.59 Å². The van der Waals surface area contributed by atoms with Crippen LogP contribution in [0.4, 0.5) is 10.5 Å². The largest absolute Gasteiger partial charge is 0.467 e. The van der Waals surface area contributed by atoms with Gasteiger partial charge < -0.3 is 25.1 Å². The molecule has 150 valence electrons. The summed E-state index contributed by atoms with van der Waals surface area (Å²) in [6.07, 6.45) is 1.52. The van der Waals surface area contributed by atoms with Gasteiger partial charge in [0.2, 0.25) is 5.91 Å². The fourth-order valence-electron chi connectivity index (χ4n) is 2.42. The number of anilines is 1. The first-order chi connectivity index (χ1) is 14.0. The standard InChI is InChI=1S/C21H20ClN3O4/c1-14-4-7-16(8-5-14)29-19-9-6-15(22)11-18(19)25-20(26)13-24-21(27)23-12-17-3-2-10-28-17/h2-11H,12-13H2,1H3,(H,25,26)(H2,23,24,27). The highest BCUT2D eigenvalue weighted by atomic mass is 35.5. The van der Waals surface area contributed by atoms with Gasteiger partial charge >= 0.3 is 6.03 Å². The molecule has 0 saturated heterocycles. The summed E-state index contributed by atoms with van der Waals surface area (Å²) in [6, 6.07) is 15.4. The first kappa shape index (κ1) is 20.3. The number of aryl methyl sites for hydroxylation is 1. The quantitative estimate of drug-likeness (QED) is 0.532. The summed E-state index contributed by atoms with van der Waals surface area (Å²) in [4.78, 5) is 24.0. The molecule has 1 aromatic heterocycles. The van der Waals surface area contributed by atoms with Crippen molar-refractivity contribution in [2.45, 2.75) is 13.5 Å². The van der Waals surface area contributed by atoms with Crippen molar-refractivity contribution in [3.63, 3.8) is 0 Å². The summed E-state index contributed by atoms with van der Waals surface area (Å²) < 4.78 is 11.0. The second-order valence-electron chi connectivity index (χ2n) is 6.22. The minimum atomic E-state index is -0.487. The van der Waals surface area contributed by atoms with Gasteiger partial charge in [0.1, 0.15) is 11.5 Å². The van der Waals surface area contributed by atoms with Gasteiger partial charge in [-0.15, -0.1) is 0 Å². The molecule has 0 aliphatic rings. The van der Waals surface area contributed by atoms with E-state index in [1.807, 2.05) is 31.2 Å². The van der Waals surface area contributed by atoms with Crippen LogP contribution in [0.2, 0.25) is 5.02 Å². The Hall–Kier alpha value is -3.45. The fraction of sp³-hybridized carbons (Fsp3) is 0.143. The van der Waals surface area contributed by atoms with Crippen LogP contribution in [0.15, 0.2) is 65.3 Å². The van der Waals surface area contributed by atoms with Crippen molar-refractivity contribution in [3.05, 3.63) is 77.2 Å². The highest BCUT2D eigenvalue weighted by Crippen LogP contribution is 2.32. The zero-order chi connectivity index (χ0) is 20.6. The molecule has 3 N–H and O–H groups in total. The molecule has 7 nitrogen and oxygen atoms in total. The number of carbonyl (C=O) groups excluding carboxylic acids is 2. The van der Waals surface area contributed by atoms with Gasteiger partial charge in [0.25, 0.3) is 0 Å². The van der Waals surface area contributed by atoms with E-state index in [2.05, 4.69) is 16.0 Å². The van der Waals surface area contributed by atoms with Crippen LogP contribution in [-0.2, 0) is 11.3 Å². The van der Waals surface area contributed by atoms with Crippen molar-refractivity contribution in [1.29, 1.82) is 0 Å². The third-order valence-electron chi connectivity index (χ3n) is 3.88. The molecule has 3 rings (SSSR count). The summed E-state index contributed by atoms with van der Waals surface area (Å²) in [6.45, 7) is 1.99. The Bertz CT molecular complexity index is 972. The first-order valence-electron chi connectivity index (χ1n) is 8.87. The number of urea groups is 1. The Kier molecular flexibility index (Phi) is 6.76. The summed E-state index contributed by atoms with van der Waals surface area (Å²) in [5.41, 5.74) is 1.51. The average Bonchev–Trinajstić information content (AvgIpc) is 3.22. The molecule has 0 fully saturated rings. The monoisotopic (exact) mass is 413 g/mol. The molecular weight excluding hydrogens is 394 g/mol. The molecule has 1 heterocycles. The number of amides is 3. The Morgan fingerprint density at radius 1 is 1.07 bits per heavy atom. The number of halogens is 1. The van der Waals surface area contributed by atoms with E-state index in [0.29, 0.717) is 28.0 Å². The highest BCUT2D eigenvalue weighted by Gasteiger charge is 2.11. The Labute approximate surface area is 173 Å². The van der Waals surface area contributed by atoms with Gasteiger partial charge in [-0.25, -0.2) is 4.79 Å². The second-order valence-corrected chi connectivity index (χ2v) is 6.66. The molecule has 29 heavy (non-hydrogen) atoms. The lowest BCUT2D eigenvalue weighted by Gasteiger charge is -2.13. The van der Waals surface area contributed by atoms with Gasteiger partial charge in [-0.2, -0.15) is 0 Å². The smallest absolute Gasteiger partial charge is 0.315 e. The van der Waals surface area contributed by atoms with Crippen molar-refractivity contribution >= 4 is 29.2 Å². The first-order valence-corrected chi connectivity index (χ1v) is 9.25. The van der Waals surface area contributed by atoms with Gasteiger partial charge in [0.05, 0.1) is 25.0 Å². The average molecular weight is 414 g/mol. The number of benzene rings is 2. The molecule has 3 amide bonds. The van der Waals surface area contributed by atoms with E-state index < -0.39 is 11.9 Å². The lowest BCUT2D eigenvalue weighted by Crippen LogP contribution is -2.39. The van der Waals surface area contributed by atoms with Crippen molar-refractivity contribution in [2.24, 2.45) is 0 Å². The number of furan rings is 1. The molecule has 3 aromatic rings. The van der Waals surface area contributed by atoms with E-state index in [1.54, 1.807) is 30.3 Å². The molecule has 0 radical (unpaired) electrons. The van der Waals surface area contributed by atoms with E-state index in [0.717, 1.165) is 5.56 Å². The maximum atomic E-state index is 12.2. The molecule has 0 unspecified atom stereocenters. The van der Waals surface area contributed by atoms with Crippen molar-refractivity contribution < 1.29 is 18.7 Å². The summed E-state index contributed by atoms with van der Waals surface area (Å²) in [5.74, 6) is 1.26. The predicted molar refractivity (Wildman–Crippen MR) is 110 cm³/mol. The minimum absolute atomic E-state index is 0.222. The molecule has 0 aliphatic heterocycles. The number of hydrogen-bond donors (Lipinski definition) is 3. The predicted octanol–water partition coefficient (Wildman–Crippen LogP) is 4.47. The molecule has 0 atom stereocenters. The van der Waals surface area contributed by atoms with Crippen LogP contribution in [0.3, 0.4) is 0 Å². The van der Waals surface area contributed by atoms with Gasteiger partial charge in [0, 0.05) is 5.02 Å². The van der Waals surface area contributed by atoms with Gasteiger partial charge in [-0.05, 0) is 49.4 Å². The van der Waals surface area contributed by atoms with Crippen LogP contribution in [-0.4, -0.2) is 18.5 Å². The number of rotatable bonds is 7. The van der Waals surface area contributed by atoms with Crippen molar-refractivity contribution in [1.82, 2.24) is 10.6 Å². The highest BCUT2D eigenvalue weighted by molar-refractivity contribution is 6.31. The van der Waals surface area contributed by atoms with E-state index in [4.69, 9.17) is 20.8 Å². The fourth-order valence-corrected chi connectivity index (χ4v) is 2.59. The summed E-state index contributed by atoms with van der Waals surface area (Å²) >= 11 is 6.05. The van der Waals surface area contributed by atoms with Crippen LogP contribution >= 0.6 is 11.6 Å². The van der Waals surface area contributed by atoms with Crippen LogP contribution in [0.1, 0.15) is 11.3 Å². The van der Waals surface area contributed by atoms with Crippen LogP contribution in [0.5, 0.6) is 11.5 Å². The molecular formula is C21H20ClN3O4. The zero-order valence-corrected chi connectivity index (χ0v) is 16.5. The third kappa shape index (κ3) is 6.29. The lowest BCUT2D eigenvalue weighted by molar-refractivity contribution is -0.115. The number of nitrogens with one attached hydrogen (secondary N) is 3. The molecule has 0 spiro atoms. The molecule has 2 aromatic carbocycles. The Morgan fingerprint density at radius 2 is 1.86 bits per heavy atom. The maximum Gasteiger partial charge on any atom is 0.315 e. The SMILES string of the molecule is Cc1ccc(Oc2ccc(Cl)cc2NC(=O)CNC(=O)NCc2ccco2)cc1. The number of hydrogen-bond acceptors (Lipinski definition) is 4. The molecule has 8 heteroatoms. The Balaban J connectivity index is 1.55. The van der Waals surface area contributed by atoms with Crippen LogP contribution in [0.25, 0.3) is 0 Å². The van der Waals surface area contributed by atoms with E-state index in [-0.39, 0.29) is 13.1 Å². The zero-order valence-electron chi connectivity index (χ0n) is 15.7. The molecule has 0 aliphatic carbocycles. The number of ether oxygens (including phenoxy) is 1. The summed E-state index contributed by atoms with van der Waals surface area (Å²) in [7, 11) is 0. The van der Waals surface area contributed by atoms with Crippen LogP contribution < -0.4 is 20.7 Å². The van der Waals surface area contributed by atoms with Crippen molar-refractivity contribution in [3.8, 4) is 11.5 Å². The topological polar surface area (TPSA) is 92.6 Å². The van der Waals surface area contributed by atoms with Crippen molar-refractivity contribution in [2.75, 3.05) is 11.9 Å². The second kappa shape index (κ2) is 9.66. The normalized spacial score (nSPS) is 10.3. The number of carbonyl (C=O) groups is 2. The third-order valence-corrected chi connectivity index (χ3v) is 4.11. The summed E-state index contributed by atoms with van der Waals surface area (Å²) in [5, 5.41) is 8.21. The Morgan fingerprint density at radius 3 is 2.59 bits per heavy atom. The van der Waals surface area contributed by atoms with Gasteiger partial charge in [-0.3, -0.25) is 4.79 Å². The van der Waals surface area contributed by atoms with Crippen LogP contribution in [0, 0.1) is 6.92 Å². The molecule has 0 saturated carbocycles. The lowest BCUT2D eigenvalue weighted by atomic mass is 10.2. The van der Waals surface area contributed by atoms with E-state index >= 15 is 0 Å². The van der Waals surface area contributed by atoms with Gasteiger partial charge in [-0.1, -0.05) is 29.3 Å². The maximum absolute atomic E-state index is 12.2. The van der Waals surface area contributed by atoms with Gasteiger partial charge in [0.15, 0.2) is 5.75 Å². The molecule has 0 bridgehead atoms.